The number of hydrogen-bond donors (Lipinski definition) is 1. The third-order valence-corrected chi connectivity index (χ3v) is 8.94. The second-order valence-electron chi connectivity index (χ2n) is 8.88. The number of rotatable bonds is 4. The maximum absolute atomic E-state index is 15.5. The number of urea groups is 1. The van der Waals surface area contributed by atoms with Gasteiger partial charge in [0.05, 0.1) is 18.0 Å². The number of carbonyl (C=O) groups is 1. The number of carbonyl (C=O) groups excluding carboxylic acids is 1. The Hall–Kier alpha value is -1.71. The molecule has 0 aromatic heterocycles. The van der Waals surface area contributed by atoms with E-state index in [0.29, 0.717) is 5.92 Å². The molecule has 2 heterocycles. The Morgan fingerprint density at radius 3 is 2.58 bits per heavy atom. The molecule has 9 heteroatoms. The zero-order valence-electron chi connectivity index (χ0n) is 18.0. The number of alkyl halides is 1. The first-order valence-electron chi connectivity index (χ1n) is 11.3. The van der Waals surface area contributed by atoms with Gasteiger partial charge in [-0.3, -0.25) is 0 Å². The molecule has 1 saturated carbocycles. The molecule has 0 bridgehead atoms. The van der Waals surface area contributed by atoms with Crippen LogP contribution in [0.4, 0.5) is 9.18 Å². The molecule has 1 aromatic carbocycles. The summed E-state index contributed by atoms with van der Waals surface area (Å²) in [7, 11) is -3.90. The van der Waals surface area contributed by atoms with Crippen LogP contribution in [0.1, 0.15) is 45.4 Å². The predicted octanol–water partition coefficient (Wildman–Crippen LogP) is 3.13. The van der Waals surface area contributed by atoms with E-state index >= 15 is 4.39 Å². The Labute approximate surface area is 184 Å². The van der Waals surface area contributed by atoms with Crippen molar-refractivity contribution in [2.24, 2.45) is 5.92 Å². The monoisotopic (exact) mass is 453 g/mol. The second kappa shape index (κ2) is 9.03. The van der Waals surface area contributed by atoms with Crippen LogP contribution in [0.3, 0.4) is 0 Å². The highest BCUT2D eigenvalue weighted by molar-refractivity contribution is 7.89. The van der Waals surface area contributed by atoms with Gasteiger partial charge in [-0.15, -0.1) is 0 Å². The summed E-state index contributed by atoms with van der Waals surface area (Å²) < 4.78 is 48.7. The molecule has 3 fully saturated rings. The standard InChI is InChI=1S/C22H32FN3O4S/c1-17(18-8-4-2-5-9-18)24-21(27)25-13-12-22(20(23)16-25)26(14-15-30-22)31(28,29)19-10-6-3-7-11-19/h3,6-7,10-11,17-18,20H,2,4-5,8-9,12-16H2,1H3,(H,24,27)/t17-,20?,22?/m1/s1. The highest BCUT2D eigenvalue weighted by Crippen LogP contribution is 2.40. The Morgan fingerprint density at radius 1 is 1.19 bits per heavy atom. The number of halogens is 1. The lowest BCUT2D eigenvalue weighted by Gasteiger charge is -2.45. The van der Waals surface area contributed by atoms with Gasteiger partial charge in [0.25, 0.3) is 0 Å². The highest BCUT2D eigenvalue weighted by atomic mass is 32.2. The minimum absolute atomic E-state index is 0.0411. The molecular weight excluding hydrogens is 421 g/mol. The molecule has 2 aliphatic heterocycles. The first-order chi connectivity index (χ1) is 14.8. The third-order valence-electron chi connectivity index (χ3n) is 7.01. The fourth-order valence-electron chi connectivity index (χ4n) is 5.16. The highest BCUT2D eigenvalue weighted by Gasteiger charge is 2.57. The maximum atomic E-state index is 15.5. The van der Waals surface area contributed by atoms with E-state index in [1.54, 1.807) is 18.2 Å². The van der Waals surface area contributed by atoms with Crippen LogP contribution < -0.4 is 5.32 Å². The minimum Gasteiger partial charge on any atom is -0.355 e. The fraction of sp³-hybridized carbons (Fsp3) is 0.682. The van der Waals surface area contributed by atoms with Gasteiger partial charge in [-0.25, -0.2) is 17.6 Å². The van der Waals surface area contributed by atoms with Crippen molar-refractivity contribution >= 4 is 16.1 Å². The van der Waals surface area contributed by atoms with Gasteiger partial charge in [0.2, 0.25) is 10.0 Å². The first-order valence-corrected chi connectivity index (χ1v) is 12.7. The molecule has 7 nitrogen and oxygen atoms in total. The van der Waals surface area contributed by atoms with Crippen molar-refractivity contribution in [3.8, 4) is 0 Å². The number of nitrogens with zero attached hydrogens (tertiary/aromatic N) is 2. The number of sulfonamides is 1. The number of ether oxygens (including phenoxy) is 1. The Balaban J connectivity index is 1.43. The summed E-state index contributed by atoms with van der Waals surface area (Å²) in [5.41, 5.74) is -1.56. The van der Waals surface area contributed by atoms with Gasteiger partial charge in [0.15, 0.2) is 11.9 Å². The molecule has 172 valence electrons. The van der Waals surface area contributed by atoms with Gasteiger partial charge in [0, 0.05) is 25.6 Å². The van der Waals surface area contributed by atoms with E-state index in [4.69, 9.17) is 4.74 Å². The van der Waals surface area contributed by atoms with Crippen molar-refractivity contribution in [3.05, 3.63) is 30.3 Å². The van der Waals surface area contributed by atoms with E-state index in [0.717, 1.165) is 17.1 Å². The minimum atomic E-state index is -3.90. The molecule has 31 heavy (non-hydrogen) atoms. The van der Waals surface area contributed by atoms with Crippen molar-refractivity contribution < 1.29 is 22.3 Å². The first kappa shape index (κ1) is 22.5. The SMILES string of the molecule is C[C@@H](NC(=O)N1CCC2(OCCN2S(=O)(=O)c2ccccc2)C(F)C1)C1CCCCC1. The van der Waals surface area contributed by atoms with Crippen LogP contribution in [-0.4, -0.2) is 67.8 Å². The molecule has 2 unspecified atom stereocenters. The number of nitrogens with one attached hydrogen (secondary N) is 1. The van der Waals surface area contributed by atoms with Crippen LogP contribution >= 0.6 is 0 Å². The lowest BCUT2D eigenvalue weighted by Crippen LogP contribution is -2.64. The van der Waals surface area contributed by atoms with Crippen molar-refractivity contribution in [1.82, 2.24) is 14.5 Å². The Kier molecular flexibility index (Phi) is 6.55. The van der Waals surface area contributed by atoms with E-state index in [-0.39, 0.29) is 49.6 Å². The molecule has 1 aromatic rings. The van der Waals surface area contributed by atoms with Gasteiger partial charge in [-0.2, -0.15) is 4.31 Å². The molecule has 3 aliphatic rings. The van der Waals surface area contributed by atoms with Crippen LogP contribution in [0, 0.1) is 5.92 Å². The summed E-state index contributed by atoms with van der Waals surface area (Å²) >= 11 is 0. The summed E-state index contributed by atoms with van der Waals surface area (Å²) in [5.74, 6) is 0.458. The lowest BCUT2D eigenvalue weighted by molar-refractivity contribution is -0.135. The van der Waals surface area contributed by atoms with Crippen molar-refractivity contribution in [1.29, 1.82) is 0 Å². The van der Waals surface area contributed by atoms with Gasteiger partial charge in [-0.1, -0.05) is 37.5 Å². The van der Waals surface area contributed by atoms with E-state index in [2.05, 4.69) is 5.32 Å². The van der Waals surface area contributed by atoms with Gasteiger partial charge >= 0.3 is 6.03 Å². The summed E-state index contributed by atoms with van der Waals surface area (Å²) in [6, 6.07) is 7.78. The van der Waals surface area contributed by atoms with E-state index in [1.807, 2.05) is 6.92 Å². The van der Waals surface area contributed by atoms with E-state index in [9.17, 15) is 13.2 Å². The largest absolute Gasteiger partial charge is 0.355 e. The van der Waals surface area contributed by atoms with Gasteiger partial charge < -0.3 is 15.0 Å². The van der Waals surface area contributed by atoms with Crippen molar-refractivity contribution in [3.63, 3.8) is 0 Å². The quantitative estimate of drug-likeness (QED) is 0.760. The second-order valence-corrected chi connectivity index (χ2v) is 10.7. The van der Waals surface area contributed by atoms with Crippen LogP contribution in [0.5, 0.6) is 0 Å². The molecule has 0 radical (unpaired) electrons. The number of amides is 2. The molecule has 1 N–H and O–H groups in total. The maximum Gasteiger partial charge on any atom is 0.317 e. The fourth-order valence-corrected chi connectivity index (χ4v) is 6.89. The molecule has 3 atom stereocenters. The third kappa shape index (κ3) is 4.32. The summed E-state index contributed by atoms with van der Waals surface area (Å²) in [5, 5.41) is 3.03. The van der Waals surface area contributed by atoms with E-state index < -0.39 is 21.9 Å². The van der Waals surface area contributed by atoms with E-state index in [1.165, 1.54) is 36.3 Å². The smallest absolute Gasteiger partial charge is 0.317 e. The Morgan fingerprint density at radius 2 is 1.90 bits per heavy atom. The lowest BCUT2D eigenvalue weighted by atomic mass is 9.84. The average molecular weight is 454 g/mol. The molecule has 2 amide bonds. The number of piperidine rings is 1. The number of likely N-dealkylation sites (tertiary alicyclic amines) is 1. The predicted molar refractivity (Wildman–Crippen MR) is 115 cm³/mol. The normalized spacial score (nSPS) is 29.2. The van der Waals surface area contributed by atoms with Crippen LogP contribution in [0.25, 0.3) is 0 Å². The van der Waals surface area contributed by atoms with Crippen LogP contribution in [0.15, 0.2) is 35.2 Å². The Bertz CT molecular complexity index is 878. The molecular formula is C22H32FN3O4S. The topological polar surface area (TPSA) is 79.0 Å². The summed E-state index contributed by atoms with van der Waals surface area (Å²) in [6.07, 6.45) is 4.31. The van der Waals surface area contributed by atoms with Crippen LogP contribution in [0.2, 0.25) is 0 Å². The molecule has 1 spiro atoms. The van der Waals surface area contributed by atoms with Crippen LogP contribution in [-0.2, 0) is 14.8 Å². The van der Waals surface area contributed by atoms with Gasteiger partial charge in [0.1, 0.15) is 0 Å². The van der Waals surface area contributed by atoms with Gasteiger partial charge in [-0.05, 0) is 37.8 Å². The summed E-state index contributed by atoms with van der Waals surface area (Å²) in [6.45, 7) is 2.30. The molecule has 2 saturated heterocycles. The molecule has 1 aliphatic carbocycles. The van der Waals surface area contributed by atoms with Crippen molar-refractivity contribution in [2.45, 2.75) is 68.3 Å². The summed E-state index contributed by atoms with van der Waals surface area (Å²) in [4.78, 5) is 14.3. The number of hydrogen-bond acceptors (Lipinski definition) is 4. The molecule has 4 rings (SSSR count). The van der Waals surface area contributed by atoms with Crippen molar-refractivity contribution in [2.75, 3.05) is 26.2 Å². The number of benzene rings is 1. The zero-order chi connectivity index (χ0) is 22.1. The average Bonchev–Trinajstić information content (AvgIpc) is 3.22. The zero-order valence-corrected chi connectivity index (χ0v) is 18.8.